The summed E-state index contributed by atoms with van der Waals surface area (Å²) >= 11 is 1.57. The average Bonchev–Trinajstić information content (AvgIpc) is 3.14. The van der Waals surface area contributed by atoms with Gasteiger partial charge in [-0.25, -0.2) is 4.98 Å². The van der Waals surface area contributed by atoms with E-state index >= 15 is 0 Å². The largest absolute Gasteiger partial charge is 0.334 e. The molecule has 23 heavy (non-hydrogen) atoms. The number of rotatable bonds is 2. The molecule has 0 radical (unpaired) electrons. The number of thiazole rings is 1. The number of likely N-dealkylation sites (tertiary alicyclic amines) is 1. The van der Waals surface area contributed by atoms with Crippen LogP contribution in [-0.4, -0.2) is 32.3 Å². The van der Waals surface area contributed by atoms with Gasteiger partial charge in [-0.1, -0.05) is 20.8 Å². The molecule has 1 atom stereocenters. The fourth-order valence-corrected chi connectivity index (χ4v) is 3.69. The second-order valence-corrected chi connectivity index (χ2v) is 7.85. The first-order valence-corrected chi connectivity index (χ1v) is 8.79. The van der Waals surface area contributed by atoms with Crippen LogP contribution >= 0.6 is 11.3 Å². The van der Waals surface area contributed by atoms with Gasteiger partial charge in [-0.15, -0.1) is 11.3 Å². The van der Waals surface area contributed by atoms with Crippen LogP contribution in [0.1, 0.15) is 51.0 Å². The molecule has 3 heterocycles. The van der Waals surface area contributed by atoms with E-state index in [1.54, 1.807) is 17.5 Å². The first kappa shape index (κ1) is 16.1. The highest BCUT2D eigenvalue weighted by Crippen LogP contribution is 2.34. The molecule has 6 heteroatoms. The van der Waals surface area contributed by atoms with Crippen LogP contribution in [-0.2, 0) is 4.79 Å². The smallest absolute Gasteiger partial charge is 0.228 e. The van der Waals surface area contributed by atoms with Crippen LogP contribution in [0.25, 0.3) is 10.6 Å². The van der Waals surface area contributed by atoms with Crippen LogP contribution in [0.3, 0.4) is 0 Å². The van der Waals surface area contributed by atoms with Crippen molar-refractivity contribution in [2.45, 2.75) is 46.6 Å². The number of nitrogens with zero attached hydrogens (tertiary/aromatic N) is 4. The van der Waals surface area contributed by atoms with Gasteiger partial charge in [-0.2, -0.15) is 0 Å². The topological polar surface area (TPSA) is 59.0 Å². The molecule has 1 fully saturated rings. The molecular weight excluding hydrogens is 308 g/mol. The molecule has 0 aliphatic carbocycles. The lowest BCUT2D eigenvalue weighted by molar-refractivity contribution is -0.140. The standard InChI is InChI=1S/C17H22N4OS/c1-11-15(23-10-20-11)13-9-18-12(8-19-13)14-6-5-7-21(14)16(22)17(2,3)4/h8-10,14H,5-7H2,1-4H3. The van der Waals surface area contributed by atoms with Crippen molar-refractivity contribution in [1.82, 2.24) is 19.9 Å². The first-order chi connectivity index (χ1) is 10.9. The van der Waals surface area contributed by atoms with E-state index in [1.165, 1.54) is 0 Å². The summed E-state index contributed by atoms with van der Waals surface area (Å²) in [4.78, 5) is 29.0. The van der Waals surface area contributed by atoms with E-state index < -0.39 is 0 Å². The third-order valence-corrected chi connectivity index (χ3v) is 5.10. The number of carbonyl (C=O) groups is 1. The lowest BCUT2D eigenvalue weighted by atomic mass is 9.94. The molecule has 1 amide bonds. The molecule has 0 bridgehead atoms. The van der Waals surface area contributed by atoms with Crippen molar-refractivity contribution in [2.24, 2.45) is 5.41 Å². The Labute approximate surface area is 140 Å². The Balaban J connectivity index is 1.84. The van der Waals surface area contributed by atoms with Gasteiger partial charge < -0.3 is 4.90 Å². The number of aromatic nitrogens is 3. The minimum atomic E-state index is -0.365. The zero-order valence-electron chi connectivity index (χ0n) is 14.0. The second-order valence-electron chi connectivity index (χ2n) is 7.00. The Hall–Kier alpha value is -1.82. The van der Waals surface area contributed by atoms with Crippen LogP contribution < -0.4 is 0 Å². The van der Waals surface area contributed by atoms with Gasteiger partial charge >= 0.3 is 0 Å². The zero-order chi connectivity index (χ0) is 16.6. The molecule has 2 aromatic rings. The van der Waals surface area contributed by atoms with Crippen molar-refractivity contribution in [2.75, 3.05) is 6.54 Å². The van der Waals surface area contributed by atoms with Crippen molar-refractivity contribution >= 4 is 17.2 Å². The summed E-state index contributed by atoms with van der Waals surface area (Å²) in [6.07, 6.45) is 5.58. The van der Waals surface area contributed by atoms with E-state index in [4.69, 9.17) is 0 Å². The van der Waals surface area contributed by atoms with E-state index in [1.807, 2.05) is 44.3 Å². The van der Waals surface area contributed by atoms with Crippen molar-refractivity contribution in [1.29, 1.82) is 0 Å². The van der Waals surface area contributed by atoms with Crippen LogP contribution in [0.4, 0.5) is 0 Å². The maximum Gasteiger partial charge on any atom is 0.228 e. The second kappa shape index (κ2) is 6.00. The number of aryl methyl sites for hydroxylation is 1. The van der Waals surface area contributed by atoms with Gasteiger partial charge in [0.25, 0.3) is 0 Å². The molecule has 3 rings (SSSR count). The Kier molecular flexibility index (Phi) is 4.19. The number of hydrogen-bond acceptors (Lipinski definition) is 5. The zero-order valence-corrected chi connectivity index (χ0v) is 14.9. The Morgan fingerprint density at radius 1 is 1.26 bits per heavy atom. The van der Waals surface area contributed by atoms with Gasteiger partial charge in [-0.3, -0.25) is 14.8 Å². The highest BCUT2D eigenvalue weighted by Gasteiger charge is 2.36. The van der Waals surface area contributed by atoms with Crippen molar-refractivity contribution in [3.63, 3.8) is 0 Å². The van der Waals surface area contributed by atoms with Crippen LogP contribution in [0.5, 0.6) is 0 Å². The van der Waals surface area contributed by atoms with Crippen LogP contribution in [0, 0.1) is 12.3 Å². The third kappa shape index (κ3) is 3.13. The summed E-state index contributed by atoms with van der Waals surface area (Å²) in [6, 6.07) is 0.0471. The fourth-order valence-electron chi connectivity index (χ4n) is 2.92. The highest BCUT2D eigenvalue weighted by molar-refractivity contribution is 7.13. The summed E-state index contributed by atoms with van der Waals surface area (Å²) in [7, 11) is 0. The maximum atomic E-state index is 12.6. The van der Waals surface area contributed by atoms with Crippen molar-refractivity contribution in [3.8, 4) is 10.6 Å². The molecule has 0 saturated carbocycles. The van der Waals surface area contributed by atoms with Gasteiger partial charge in [0.05, 0.1) is 40.2 Å². The van der Waals surface area contributed by atoms with Gasteiger partial charge in [-0.05, 0) is 19.8 Å². The monoisotopic (exact) mass is 330 g/mol. The number of amides is 1. The molecule has 2 aromatic heterocycles. The lowest BCUT2D eigenvalue weighted by Crippen LogP contribution is -2.39. The molecule has 1 aliphatic heterocycles. The Morgan fingerprint density at radius 3 is 2.61 bits per heavy atom. The molecule has 1 aliphatic rings. The first-order valence-electron chi connectivity index (χ1n) is 7.91. The number of hydrogen-bond donors (Lipinski definition) is 0. The maximum absolute atomic E-state index is 12.6. The average molecular weight is 330 g/mol. The molecule has 5 nitrogen and oxygen atoms in total. The highest BCUT2D eigenvalue weighted by atomic mass is 32.1. The SMILES string of the molecule is Cc1ncsc1-c1cnc(C2CCCN2C(=O)C(C)(C)C)cn1. The summed E-state index contributed by atoms with van der Waals surface area (Å²) in [5.41, 5.74) is 4.16. The minimum absolute atomic E-state index is 0.0471. The van der Waals surface area contributed by atoms with Crippen LogP contribution in [0.15, 0.2) is 17.9 Å². The lowest BCUT2D eigenvalue weighted by Gasteiger charge is -2.30. The number of carbonyl (C=O) groups excluding carboxylic acids is 1. The molecule has 0 spiro atoms. The molecule has 1 saturated heterocycles. The summed E-state index contributed by atoms with van der Waals surface area (Å²) in [6.45, 7) is 8.67. The predicted octanol–water partition coefficient (Wildman–Crippen LogP) is 3.62. The molecule has 0 N–H and O–H groups in total. The predicted molar refractivity (Wildman–Crippen MR) is 91.0 cm³/mol. The molecule has 1 unspecified atom stereocenters. The Bertz CT molecular complexity index is 702. The third-order valence-electron chi connectivity index (χ3n) is 4.15. The van der Waals surface area contributed by atoms with E-state index in [2.05, 4.69) is 15.0 Å². The Morgan fingerprint density at radius 2 is 2.04 bits per heavy atom. The van der Waals surface area contributed by atoms with Crippen molar-refractivity contribution in [3.05, 3.63) is 29.3 Å². The van der Waals surface area contributed by atoms with Gasteiger partial charge in [0.2, 0.25) is 5.91 Å². The summed E-state index contributed by atoms with van der Waals surface area (Å²) in [5.74, 6) is 0.184. The van der Waals surface area contributed by atoms with E-state index in [9.17, 15) is 4.79 Å². The quantitative estimate of drug-likeness (QED) is 0.844. The van der Waals surface area contributed by atoms with Gasteiger partial charge in [0.1, 0.15) is 5.69 Å². The minimum Gasteiger partial charge on any atom is -0.334 e. The summed E-state index contributed by atoms with van der Waals surface area (Å²) < 4.78 is 0. The van der Waals surface area contributed by atoms with E-state index in [0.29, 0.717) is 0 Å². The van der Waals surface area contributed by atoms with E-state index in [-0.39, 0.29) is 17.4 Å². The van der Waals surface area contributed by atoms with Gasteiger partial charge in [0.15, 0.2) is 0 Å². The van der Waals surface area contributed by atoms with Crippen LogP contribution in [0.2, 0.25) is 0 Å². The summed E-state index contributed by atoms with van der Waals surface area (Å²) in [5, 5.41) is 0. The fraction of sp³-hybridized carbons (Fsp3) is 0.529. The molecular formula is C17H22N4OS. The molecule has 0 aromatic carbocycles. The normalized spacial score (nSPS) is 18.4. The molecule has 122 valence electrons. The van der Waals surface area contributed by atoms with E-state index in [0.717, 1.165) is 41.3 Å². The van der Waals surface area contributed by atoms with Gasteiger partial charge in [0, 0.05) is 12.0 Å². The van der Waals surface area contributed by atoms with Crippen molar-refractivity contribution < 1.29 is 4.79 Å².